The molecule has 1 aromatic carbocycles. The molecule has 4 rings (SSSR count). The number of anilines is 1. The minimum Gasteiger partial charge on any atom is -0.352 e. The fourth-order valence-electron chi connectivity index (χ4n) is 3.99. The molecule has 1 aliphatic heterocycles. The molecule has 37 heavy (non-hydrogen) atoms. The summed E-state index contributed by atoms with van der Waals surface area (Å²) in [6.45, 7) is 9.24. The standard InChI is InChI=1S/C27H25ClF2N6O/c1-4-5-23(33-17(2)3)27(37)36-12-10-35(11-13-36)24-16-32-25(20-7-6-18(29)14-22(20)30)26(34-24)19-8-9-31-15-21(19)28/h4-9,14-16H,2,10-13H2,1,3H3/b5-4-,33-23?. The number of aromatic nitrogens is 3. The van der Waals surface area contributed by atoms with Crippen LogP contribution in [0.5, 0.6) is 0 Å². The van der Waals surface area contributed by atoms with E-state index in [1.165, 1.54) is 18.3 Å². The van der Waals surface area contributed by atoms with Gasteiger partial charge in [-0.15, -0.1) is 0 Å². The Hall–Kier alpha value is -3.98. The molecule has 3 aromatic rings. The second kappa shape index (κ2) is 11.4. The van der Waals surface area contributed by atoms with Gasteiger partial charge in [0.25, 0.3) is 5.91 Å². The number of carbonyl (C=O) groups is 1. The maximum Gasteiger partial charge on any atom is 0.272 e. The molecule has 0 bridgehead atoms. The largest absolute Gasteiger partial charge is 0.352 e. The van der Waals surface area contributed by atoms with Crippen LogP contribution in [0.15, 0.2) is 72.3 Å². The lowest BCUT2D eigenvalue weighted by Gasteiger charge is -2.35. The van der Waals surface area contributed by atoms with Crippen molar-refractivity contribution in [3.8, 4) is 22.5 Å². The quantitative estimate of drug-likeness (QED) is 0.409. The van der Waals surface area contributed by atoms with E-state index in [1.807, 2.05) is 11.8 Å². The average Bonchev–Trinajstić information content (AvgIpc) is 2.88. The normalized spacial score (nSPS) is 14.4. The lowest BCUT2D eigenvalue weighted by atomic mass is 10.0. The van der Waals surface area contributed by atoms with Gasteiger partial charge in [-0.3, -0.25) is 9.78 Å². The predicted octanol–water partition coefficient (Wildman–Crippen LogP) is 5.34. The zero-order valence-corrected chi connectivity index (χ0v) is 21.2. The average molecular weight is 523 g/mol. The number of benzene rings is 1. The zero-order chi connectivity index (χ0) is 26.5. The third kappa shape index (κ3) is 5.89. The summed E-state index contributed by atoms with van der Waals surface area (Å²) in [5.74, 6) is -1.06. The molecule has 0 unspecified atom stereocenters. The number of amides is 1. The molecule has 0 atom stereocenters. The van der Waals surface area contributed by atoms with Gasteiger partial charge in [0.1, 0.15) is 28.9 Å². The van der Waals surface area contributed by atoms with Gasteiger partial charge in [-0.2, -0.15) is 0 Å². The zero-order valence-electron chi connectivity index (χ0n) is 20.5. The van der Waals surface area contributed by atoms with Gasteiger partial charge < -0.3 is 9.80 Å². The van der Waals surface area contributed by atoms with Crippen LogP contribution in [0.2, 0.25) is 5.02 Å². The van der Waals surface area contributed by atoms with Gasteiger partial charge in [0.15, 0.2) is 0 Å². The van der Waals surface area contributed by atoms with Gasteiger partial charge in [-0.1, -0.05) is 24.3 Å². The van der Waals surface area contributed by atoms with Crippen LogP contribution in [0.4, 0.5) is 14.6 Å². The van der Waals surface area contributed by atoms with Crippen LogP contribution in [-0.4, -0.2) is 57.6 Å². The summed E-state index contributed by atoms with van der Waals surface area (Å²) in [6, 6.07) is 4.97. The number of nitrogens with zero attached hydrogens (tertiary/aromatic N) is 6. The van der Waals surface area contributed by atoms with Gasteiger partial charge in [0, 0.05) is 61.5 Å². The highest BCUT2D eigenvalue weighted by atomic mass is 35.5. The molecule has 0 spiro atoms. The highest BCUT2D eigenvalue weighted by Gasteiger charge is 2.26. The number of rotatable bonds is 6. The summed E-state index contributed by atoms with van der Waals surface area (Å²) in [5, 5.41) is 0.321. The number of aliphatic imine (C=N–C) groups is 1. The van der Waals surface area contributed by atoms with E-state index in [4.69, 9.17) is 16.6 Å². The molecule has 3 heterocycles. The number of piperazine rings is 1. The highest BCUT2D eigenvalue weighted by Crippen LogP contribution is 2.35. The Bertz CT molecular complexity index is 1400. The number of halogens is 3. The molecule has 1 saturated heterocycles. The first-order valence-corrected chi connectivity index (χ1v) is 12.0. The van der Waals surface area contributed by atoms with Crippen molar-refractivity contribution >= 4 is 29.0 Å². The first-order chi connectivity index (χ1) is 17.8. The van der Waals surface area contributed by atoms with Gasteiger partial charge in [0.05, 0.1) is 16.9 Å². The lowest BCUT2D eigenvalue weighted by molar-refractivity contribution is -0.124. The summed E-state index contributed by atoms with van der Waals surface area (Å²) in [4.78, 5) is 34.3. The Morgan fingerprint density at radius 1 is 1.11 bits per heavy atom. The van der Waals surface area contributed by atoms with Crippen molar-refractivity contribution in [2.75, 3.05) is 31.1 Å². The van der Waals surface area contributed by atoms with E-state index in [0.29, 0.717) is 59.7 Å². The van der Waals surface area contributed by atoms with Crippen molar-refractivity contribution in [1.82, 2.24) is 19.9 Å². The molecular weight excluding hydrogens is 498 g/mol. The van der Waals surface area contributed by atoms with E-state index < -0.39 is 11.6 Å². The van der Waals surface area contributed by atoms with Crippen LogP contribution in [0.1, 0.15) is 13.8 Å². The van der Waals surface area contributed by atoms with E-state index in [1.54, 1.807) is 42.4 Å². The Balaban J connectivity index is 1.64. The van der Waals surface area contributed by atoms with E-state index in [2.05, 4.69) is 21.5 Å². The monoisotopic (exact) mass is 522 g/mol. The SMILES string of the molecule is C=C(C)N=C(/C=C\C)C(=O)N1CCN(c2cnc(-c3ccc(F)cc3F)c(-c3ccncc3Cl)n2)CC1. The highest BCUT2D eigenvalue weighted by molar-refractivity contribution is 6.43. The topological polar surface area (TPSA) is 74.6 Å². The number of hydrogen-bond acceptors (Lipinski definition) is 6. The third-order valence-corrected chi connectivity index (χ3v) is 6.02. The van der Waals surface area contributed by atoms with Crippen LogP contribution >= 0.6 is 11.6 Å². The molecule has 0 saturated carbocycles. The molecule has 1 fully saturated rings. The van der Waals surface area contributed by atoms with Gasteiger partial charge in [0.2, 0.25) is 0 Å². The van der Waals surface area contributed by atoms with Crippen LogP contribution in [0.3, 0.4) is 0 Å². The maximum atomic E-state index is 14.7. The van der Waals surface area contributed by atoms with Crippen LogP contribution in [0, 0.1) is 11.6 Å². The van der Waals surface area contributed by atoms with Crippen molar-refractivity contribution in [2.45, 2.75) is 13.8 Å². The van der Waals surface area contributed by atoms with E-state index in [9.17, 15) is 13.6 Å². The summed E-state index contributed by atoms with van der Waals surface area (Å²) >= 11 is 6.40. The van der Waals surface area contributed by atoms with Crippen LogP contribution in [0.25, 0.3) is 22.5 Å². The molecule has 0 N–H and O–H groups in total. The second-order valence-corrected chi connectivity index (χ2v) is 8.82. The van der Waals surface area contributed by atoms with Crippen molar-refractivity contribution < 1.29 is 13.6 Å². The van der Waals surface area contributed by atoms with E-state index in [0.717, 1.165) is 6.07 Å². The Kier molecular flexibility index (Phi) is 8.03. The smallest absolute Gasteiger partial charge is 0.272 e. The first kappa shape index (κ1) is 26.1. The maximum absolute atomic E-state index is 14.7. The number of hydrogen-bond donors (Lipinski definition) is 0. The van der Waals surface area contributed by atoms with E-state index >= 15 is 0 Å². The van der Waals surface area contributed by atoms with Crippen molar-refractivity contribution in [3.05, 3.63) is 83.9 Å². The first-order valence-electron chi connectivity index (χ1n) is 11.6. The van der Waals surface area contributed by atoms with Gasteiger partial charge >= 0.3 is 0 Å². The van der Waals surface area contributed by atoms with Gasteiger partial charge in [-0.25, -0.2) is 23.7 Å². The summed E-state index contributed by atoms with van der Waals surface area (Å²) in [7, 11) is 0. The molecule has 0 aliphatic carbocycles. The molecule has 0 radical (unpaired) electrons. The molecule has 10 heteroatoms. The molecule has 190 valence electrons. The van der Waals surface area contributed by atoms with Gasteiger partial charge in [-0.05, 0) is 38.1 Å². The molecule has 1 amide bonds. The molecular formula is C27H25ClF2N6O. The predicted molar refractivity (Wildman–Crippen MR) is 141 cm³/mol. The lowest BCUT2D eigenvalue weighted by Crippen LogP contribution is -2.50. The minimum absolute atomic E-state index is 0.104. The second-order valence-electron chi connectivity index (χ2n) is 8.42. The third-order valence-electron chi connectivity index (χ3n) is 5.72. The Morgan fingerprint density at radius 2 is 1.86 bits per heavy atom. The number of carbonyl (C=O) groups excluding carboxylic acids is 1. The summed E-state index contributed by atoms with van der Waals surface area (Å²) in [6.07, 6.45) is 8.01. The fourth-order valence-corrected chi connectivity index (χ4v) is 4.20. The number of pyridine rings is 1. The summed E-state index contributed by atoms with van der Waals surface area (Å²) < 4.78 is 28.2. The Labute approximate surface area is 218 Å². The van der Waals surface area contributed by atoms with E-state index in [-0.39, 0.29) is 17.2 Å². The molecule has 1 aliphatic rings. The minimum atomic E-state index is -0.756. The van der Waals surface area contributed by atoms with Crippen LogP contribution < -0.4 is 4.90 Å². The number of allylic oxidation sites excluding steroid dienone is 2. The van der Waals surface area contributed by atoms with Crippen molar-refractivity contribution in [2.24, 2.45) is 4.99 Å². The van der Waals surface area contributed by atoms with Crippen LogP contribution in [-0.2, 0) is 4.79 Å². The molecule has 2 aromatic heterocycles. The van der Waals surface area contributed by atoms with Crippen molar-refractivity contribution in [3.63, 3.8) is 0 Å². The van der Waals surface area contributed by atoms with Crippen molar-refractivity contribution in [1.29, 1.82) is 0 Å². The summed E-state index contributed by atoms with van der Waals surface area (Å²) in [5.41, 5.74) is 2.09. The Morgan fingerprint density at radius 3 is 2.51 bits per heavy atom. The fraction of sp³-hybridized carbons (Fsp3) is 0.222. The molecule has 7 nitrogen and oxygen atoms in total.